The Morgan fingerprint density at radius 2 is 1.95 bits per heavy atom. The number of aromatic nitrogens is 1. The van der Waals surface area contributed by atoms with Crippen molar-refractivity contribution in [2.24, 2.45) is 0 Å². The Bertz CT molecular complexity index is 502. The lowest BCUT2D eigenvalue weighted by Gasteiger charge is -2.10. The third kappa shape index (κ3) is 4.65. The topological polar surface area (TPSA) is 28.2 Å². The van der Waals surface area contributed by atoms with Gasteiger partial charge in [-0.05, 0) is 38.7 Å². The van der Waals surface area contributed by atoms with E-state index in [0.717, 1.165) is 25.2 Å². The molecule has 2 aromatic rings. The lowest BCUT2D eigenvalue weighted by Crippen LogP contribution is -2.10. The Hall–Kier alpha value is -1.39. The Kier molecular flexibility index (Phi) is 4.93. The molecule has 2 rings (SSSR count). The highest BCUT2D eigenvalue weighted by Crippen LogP contribution is 2.12. The van der Waals surface area contributed by atoms with Gasteiger partial charge >= 0.3 is 0 Å². The Labute approximate surface area is 119 Å². The van der Waals surface area contributed by atoms with Gasteiger partial charge in [-0.1, -0.05) is 12.1 Å². The zero-order valence-corrected chi connectivity index (χ0v) is 12.6. The van der Waals surface area contributed by atoms with E-state index in [9.17, 15) is 0 Å². The molecule has 0 amide bonds. The Balaban J connectivity index is 1.79. The van der Waals surface area contributed by atoms with Crippen LogP contribution < -0.4 is 5.32 Å². The summed E-state index contributed by atoms with van der Waals surface area (Å²) in [6.07, 6.45) is 0.984. The van der Waals surface area contributed by atoms with E-state index in [1.165, 1.54) is 16.3 Å². The zero-order valence-electron chi connectivity index (χ0n) is 11.8. The van der Waals surface area contributed by atoms with Crippen LogP contribution in [0.15, 0.2) is 29.6 Å². The van der Waals surface area contributed by atoms with Crippen molar-refractivity contribution in [1.29, 1.82) is 0 Å². The van der Waals surface area contributed by atoms with E-state index in [1.54, 1.807) is 11.3 Å². The second kappa shape index (κ2) is 6.68. The molecule has 4 heteroatoms. The van der Waals surface area contributed by atoms with Crippen molar-refractivity contribution >= 4 is 17.0 Å². The summed E-state index contributed by atoms with van der Waals surface area (Å²) in [4.78, 5) is 6.64. The largest absolute Gasteiger partial charge is 0.385 e. The van der Waals surface area contributed by atoms with Crippen molar-refractivity contribution in [1.82, 2.24) is 9.88 Å². The molecular weight excluding hydrogens is 254 g/mol. The highest BCUT2D eigenvalue weighted by molar-refractivity contribution is 7.09. The highest BCUT2D eigenvalue weighted by Gasteiger charge is 1.99. The van der Waals surface area contributed by atoms with Crippen LogP contribution >= 0.6 is 11.3 Å². The number of hydrogen-bond acceptors (Lipinski definition) is 4. The fourth-order valence-electron chi connectivity index (χ4n) is 1.92. The Morgan fingerprint density at radius 3 is 2.53 bits per heavy atom. The molecule has 0 bridgehead atoms. The average molecular weight is 275 g/mol. The maximum Gasteiger partial charge on any atom is 0.0945 e. The van der Waals surface area contributed by atoms with Gasteiger partial charge in [-0.3, -0.25) is 0 Å². The minimum absolute atomic E-state index is 0.931. The molecule has 1 heterocycles. The second-order valence-electron chi connectivity index (χ2n) is 4.99. The number of benzene rings is 1. The van der Waals surface area contributed by atoms with Gasteiger partial charge in [-0.15, -0.1) is 11.3 Å². The minimum Gasteiger partial charge on any atom is -0.385 e. The first-order valence-corrected chi connectivity index (χ1v) is 7.40. The first-order valence-electron chi connectivity index (χ1n) is 6.52. The van der Waals surface area contributed by atoms with Gasteiger partial charge in [-0.25, -0.2) is 4.98 Å². The second-order valence-corrected chi connectivity index (χ2v) is 5.94. The normalized spacial score (nSPS) is 10.9. The molecule has 1 aromatic carbocycles. The summed E-state index contributed by atoms with van der Waals surface area (Å²) in [5, 5.41) is 6.74. The van der Waals surface area contributed by atoms with E-state index < -0.39 is 0 Å². The molecule has 0 saturated carbocycles. The SMILES string of the molecule is Cc1csc(CCNc2ccc(CN(C)C)cc2)n1. The number of nitrogens with zero attached hydrogens (tertiary/aromatic N) is 2. The number of hydrogen-bond donors (Lipinski definition) is 1. The van der Waals surface area contributed by atoms with Crippen molar-refractivity contribution in [3.05, 3.63) is 45.9 Å². The van der Waals surface area contributed by atoms with Gasteiger partial charge in [-0.2, -0.15) is 0 Å². The van der Waals surface area contributed by atoms with Crippen LogP contribution in [0.4, 0.5) is 5.69 Å². The molecule has 0 spiro atoms. The van der Waals surface area contributed by atoms with Crippen molar-refractivity contribution in [2.75, 3.05) is 26.0 Å². The van der Waals surface area contributed by atoms with E-state index in [-0.39, 0.29) is 0 Å². The summed E-state index contributed by atoms with van der Waals surface area (Å²) >= 11 is 1.74. The number of anilines is 1. The lowest BCUT2D eigenvalue weighted by atomic mass is 10.2. The quantitative estimate of drug-likeness (QED) is 0.877. The zero-order chi connectivity index (χ0) is 13.7. The molecule has 0 aliphatic rings. The third-order valence-corrected chi connectivity index (χ3v) is 3.81. The van der Waals surface area contributed by atoms with Crippen LogP contribution in [-0.2, 0) is 13.0 Å². The number of aryl methyl sites for hydroxylation is 1. The molecule has 0 aliphatic heterocycles. The summed E-state index contributed by atoms with van der Waals surface area (Å²) in [6.45, 7) is 3.95. The molecule has 0 unspecified atom stereocenters. The van der Waals surface area contributed by atoms with Gasteiger partial charge in [0, 0.05) is 36.3 Å². The number of nitrogens with one attached hydrogen (secondary N) is 1. The first-order chi connectivity index (χ1) is 9.13. The van der Waals surface area contributed by atoms with Gasteiger partial charge in [0.05, 0.1) is 5.01 Å². The smallest absolute Gasteiger partial charge is 0.0945 e. The number of thiazole rings is 1. The third-order valence-electron chi connectivity index (χ3n) is 2.79. The Morgan fingerprint density at radius 1 is 1.21 bits per heavy atom. The van der Waals surface area contributed by atoms with E-state index in [4.69, 9.17) is 0 Å². The first kappa shape index (κ1) is 14.0. The van der Waals surface area contributed by atoms with Crippen LogP contribution in [0.3, 0.4) is 0 Å². The van der Waals surface area contributed by atoms with Gasteiger partial charge in [0.15, 0.2) is 0 Å². The average Bonchev–Trinajstić information content (AvgIpc) is 2.77. The molecule has 3 nitrogen and oxygen atoms in total. The maximum absolute atomic E-state index is 4.46. The molecular formula is C15H21N3S. The minimum atomic E-state index is 0.931. The van der Waals surface area contributed by atoms with Crippen LogP contribution in [0, 0.1) is 6.92 Å². The predicted octanol–water partition coefficient (Wildman–Crippen LogP) is 3.17. The molecule has 102 valence electrons. The van der Waals surface area contributed by atoms with Gasteiger partial charge in [0.25, 0.3) is 0 Å². The fourth-order valence-corrected chi connectivity index (χ4v) is 2.70. The molecule has 0 saturated heterocycles. The van der Waals surface area contributed by atoms with Gasteiger partial charge in [0.2, 0.25) is 0 Å². The lowest BCUT2D eigenvalue weighted by molar-refractivity contribution is 0.402. The van der Waals surface area contributed by atoms with Gasteiger partial charge in [0.1, 0.15) is 0 Å². The fraction of sp³-hybridized carbons (Fsp3) is 0.400. The van der Waals surface area contributed by atoms with E-state index in [0.29, 0.717) is 0 Å². The molecule has 0 atom stereocenters. The van der Waals surface area contributed by atoms with Crippen LogP contribution in [0.5, 0.6) is 0 Å². The summed E-state index contributed by atoms with van der Waals surface area (Å²) in [7, 11) is 4.17. The summed E-state index contributed by atoms with van der Waals surface area (Å²) in [6, 6.07) is 8.64. The van der Waals surface area contributed by atoms with Crippen molar-refractivity contribution in [2.45, 2.75) is 19.9 Å². The molecule has 1 N–H and O–H groups in total. The summed E-state index contributed by atoms with van der Waals surface area (Å²) in [5.74, 6) is 0. The molecule has 0 radical (unpaired) electrons. The molecule has 1 aromatic heterocycles. The van der Waals surface area contributed by atoms with Crippen molar-refractivity contribution in [3.8, 4) is 0 Å². The van der Waals surface area contributed by atoms with Crippen molar-refractivity contribution < 1.29 is 0 Å². The summed E-state index contributed by atoms with van der Waals surface area (Å²) in [5.41, 5.74) is 3.63. The van der Waals surface area contributed by atoms with Crippen LogP contribution in [0.2, 0.25) is 0 Å². The molecule has 0 aliphatic carbocycles. The monoisotopic (exact) mass is 275 g/mol. The summed E-state index contributed by atoms with van der Waals surface area (Å²) < 4.78 is 0. The van der Waals surface area contributed by atoms with E-state index in [2.05, 4.69) is 58.9 Å². The van der Waals surface area contributed by atoms with E-state index >= 15 is 0 Å². The van der Waals surface area contributed by atoms with Crippen LogP contribution in [-0.4, -0.2) is 30.5 Å². The standard InChI is InChI=1S/C15H21N3S/c1-12-11-19-15(17-12)8-9-16-14-6-4-13(5-7-14)10-18(2)3/h4-7,11,16H,8-10H2,1-3H3. The predicted molar refractivity (Wildman–Crippen MR) is 82.9 cm³/mol. The van der Waals surface area contributed by atoms with Gasteiger partial charge < -0.3 is 10.2 Å². The van der Waals surface area contributed by atoms with Crippen molar-refractivity contribution in [3.63, 3.8) is 0 Å². The molecule has 0 fully saturated rings. The maximum atomic E-state index is 4.46. The number of rotatable bonds is 6. The van der Waals surface area contributed by atoms with Crippen LogP contribution in [0.1, 0.15) is 16.3 Å². The van der Waals surface area contributed by atoms with Crippen LogP contribution in [0.25, 0.3) is 0 Å². The molecule has 19 heavy (non-hydrogen) atoms. The highest BCUT2D eigenvalue weighted by atomic mass is 32.1. The van der Waals surface area contributed by atoms with E-state index in [1.807, 2.05) is 6.92 Å².